The molecule has 1 aliphatic carbocycles. The average molecular weight is 302 g/mol. The maximum atomic E-state index is 10.9. The smallest absolute Gasteiger partial charge is 0.335 e. The summed E-state index contributed by atoms with van der Waals surface area (Å²) in [6, 6.07) is 0. The summed E-state index contributed by atoms with van der Waals surface area (Å²) in [7, 11) is 0. The summed E-state index contributed by atoms with van der Waals surface area (Å²) in [5.74, 6) is -0.880. The van der Waals surface area contributed by atoms with E-state index in [9.17, 15) is 4.79 Å². The molecule has 2 atom stereocenters. The lowest BCUT2D eigenvalue weighted by molar-refractivity contribution is -0.132. The Bertz CT molecular complexity index is 374. The van der Waals surface area contributed by atoms with E-state index in [0.717, 1.165) is 26.3 Å². The van der Waals surface area contributed by atoms with E-state index in [1.807, 2.05) is 6.08 Å². The number of carboxylic acid groups (broad SMARTS) is 1. The Kier molecular flexibility index (Phi) is 3.70. The first-order valence-electron chi connectivity index (χ1n) is 5.65. The average Bonchev–Trinajstić information content (AvgIpc) is 2.33. The van der Waals surface area contributed by atoms with Crippen molar-refractivity contribution in [3.63, 3.8) is 0 Å². The molecule has 0 radical (unpaired) electrons. The molecular formula is C12H16BrNO3. The maximum absolute atomic E-state index is 10.9. The first-order valence-corrected chi connectivity index (χ1v) is 6.57. The Balaban J connectivity index is 2.17. The van der Waals surface area contributed by atoms with E-state index in [1.165, 1.54) is 0 Å². The van der Waals surface area contributed by atoms with Crippen LogP contribution in [-0.4, -0.2) is 52.6 Å². The van der Waals surface area contributed by atoms with E-state index < -0.39 is 5.97 Å². The molecule has 1 aliphatic heterocycles. The number of hydrogen-bond donors (Lipinski definition) is 1. The van der Waals surface area contributed by atoms with Gasteiger partial charge in [0.25, 0.3) is 0 Å². The topological polar surface area (TPSA) is 49.8 Å². The fraction of sp³-hybridized carbons (Fsp3) is 0.583. The van der Waals surface area contributed by atoms with Crippen molar-refractivity contribution in [1.29, 1.82) is 0 Å². The van der Waals surface area contributed by atoms with Gasteiger partial charge in [0.1, 0.15) is 0 Å². The Labute approximate surface area is 109 Å². The highest BCUT2D eigenvalue weighted by atomic mass is 79.9. The molecule has 0 spiro atoms. The summed E-state index contributed by atoms with van der Waals surface area (Å²) in [5, 5.41) is 8.96. The number of hydrogen-bond acceptors (Lipinski definition) is 3. The van der Waals surface area contributed by atoms with Crippen molar-refractivity contribution < 1.29 is 14.6 Å². The van der Waals surface area contributed by atoms with Crippen LogP contribution in [0.25, 0.3) is 0 Å². The number of halogens is 1. The minimum absolute atomic E-state index is 0.00389. The minimum atomic E-state index is -0.880. The van der Waals surface area contributed by atoms with Crippen LogP contribution in [0, 0.1) is 0 Å². The minimum Gasteiger partial charge on any atom is -0.478 e. The summed E-state index contributed by atoms with van der Waals surface area (Å²) < 4.78 is 5.34. The van der Waals surface area contributed by atoms with Crippen molar-refractivity contribution in [3.8, 4) is 0 Å². The molecule has 2 rings (SSSR count). The van der Waals surface area contributed by atoms with Crippen molar-refractivity contribution in [2.24, 2.45) is 0 Å². The van der Waals surface area contributed by atoms with Gasteiger partial charge in [0, 0.05) is 13.1 Å². The van der Waals surface area contributed by atoms with Crippen LogP contribution in [0.1, 0.15) is 6.92 Å². The van der Waals surface area contributed by atoms with Crippen molar-refractivity contribution in [1.82, 2.24) is 4.90 Å². The Morgan fingerprint density at radius 1 is 1.59 bits per heavy atom. The third-order valence-electron chi connectivity index (χ3n) is 3.42. The summed E-state index contributed by atoms with van der Waals surface area (Å²) in [6.07, 6.45) is 5.43. The molecule has 2 aliphatic rings. The molecule has 0 bridgehead atoms. The van der Waals surface area contributed by atoms with Crippen LogP contribution in [0.4, 0.5) is 0 Å². The number of nitrogens with zero attached hydrogens (tertiary/aromatic N) is 1. The third-order valence-corrected chi connectivity index (χ3v) is 4.62. The zero-order valence-electron chi connectivity index (χ0n) is 9.73. The van der Waals surface area contributed by atoms with Gasteiger partial charge in [-0.3, -0.25) is 4.90 Å². The van der Waals surface area contributed by atoms with Crippen LogP contribution in [0.5, 0.6) is 0 Å². The zero-order chi connectivity index (χ0) is 12.5. The molecule has 0 aromatic heterocycles. The molecule has 0 amide bonds. The molecular weight excluding hydrogens is 286 g/mol. The molecule has 1 saturated heterocycles. The molecule has 1 fully saturated rings. The first-order chi connectivity index (χ1) is 8.04. The second-order valence-electron chi connectivity index (χ2n) is 4.49. The maximum Gasteiger partial charge on any atom is 0.335 e. The Morgan fingerprint density at radius 3 is 2.76 bits per heavy atom. The number of rotatable bonds is 2. The van der Waals surface area contributed by atoms with Crippen molar-refractivity contribution >= 4 is 21.9 Å². The van der Waals surface area contributed by atoms with Crippen molar-refractivity contribution in [3.05, 3.63) is 23.8 Å². The second kappa shape index (κ2) is 4.92. The lowest BCUT2D eigenvalue weighted by Crippen LogP contribution is -2.55. The quantitative estimate of drug-likeness (QED) is 0.784. The van der Waals surface area contributed by atoms with Crippen molar-refractivity contribution in [2.75, 3.05) is 26.3 Å². The van der Waals surface area contributed by atoms with Gasteiger partial charge in [-0.2, -0.15) is 0 Å². The lowest BCUT2D eigenvalue weighted by Gasteiger charge is -2.44. The monoisotopic (exact) mass is 301 g/mol. The van der Waals surface area contributed by atoms with Crippen molar-refractivity contribution in [2.45, 2.75) is 17.3 Å². The number of alkyl halides is 1. The predicted octanol–water partition coefficient (Wildman–Crippen LogP) is 1.42. The fourth-order valence-corrected chi connectivity index (χ4v) is 2.93. The third kappa shape index (κ3) is 2.46. The van der Waals surface area contributed by atoms with Gasteiger partial charge in [0.2, 0.25) is 0 Å². The van der Waals surface area contributed by atoms with E-state index in [1.54, 1.807) is 12.2 Å². The van der Waals surface area contributed by atoms with E-state index in [0.29, 0.717) is 5.57 Å². The highest BCUT2D eigenvalue weighted by Gasteiger charge is 2.38. The summed E-state index contributed by atoms with van der Waals surface area (Å²) >= 11 is 3.58. The number of morpholine rings is 1. The van der Waals surface area contributed by atoms with Gasteiger partial charge in [0.05, 0.1) is 29.2 Å². The van der Waals surface area contributed by atoms with E-state index in [-0.39, 0.29) is 10.4 Å². The lowest BCUT2D eigenvalue weighted by atomic mass is 9.88. The molecule has 0 aromatic carbocycles. The van der Waals surface area contributed by atoms with Gasteiger partial charge in [-0.25, -0.2) is 4.79 Å². The van der Waals surface area contributed by atoms with Gasteiger partial charge in [-0.05, 0) is 6.92 Å². The number of aliphatic carboxylic acids is 1. The molecule has 94 valence electrons. The second-order valence-corrected chi connectivity index (χ2v) is 5.47. The predicted molar refractivity (Wildman–Crippen MR) is 68.4 cm³/mol. The van der Waals surface area contributed by atoms with E-state index in [4.69, 9.17) is 9.84 Å². The normalized spacial score (nSPS) is 34.5. The SMILES string of the molecule is C[C@@]1(N2CCOCC2)C=CC(C(=O)O)=C[C@@H]1Br. The van der Waals surface area contributed by atoms with Gasteiger partial charge < -0.3 is 9.84 Å². The number of carbonyl (C=O) groups is 1. The standard InChI is InChI=1S/C12H16BrNO3/c1-12(14-4-6-17-7-5-14)3-2-9(11(15)16)8-10(12)13/h2-3,8,10H,4-7H2,1H3,(H,15,16)/t10-,12+/m0/s1. The summed E-state index contributed by atoms with van der Waals surface area (Å²) in [5.41, 5.74) is 0.167. The van der Waals surface area contributed by atoms with Gasteiger partial charge in [-0.1, -0.05) is 34.2 Å². The van der Waals surface area contributed by atoms with Gasteiger partial charge in [-0.15, -0.1) is 0 Å². The van der Waals surface area contributed by atoms with Crippen LogP contribution in [0.2, 0.25) is 0 Å². The highest BCUT2D eigenvalue weighted by Crippen LogP contribution is 2.33. The molecule has 1 N–H and O–H groups in total. The van der Waals surface area contributed by atoms with Crippen LogP contribution >= 0.6 is 15.9 Å². The molecule has 0 unspecified atom stereocenters. The number of carboxylic acids is 1. The van der Waals surface area contributed by atoms with Gasteiger partial charge in [0.15, 0.2) is 0 Å². The molecule has 5 heteroatoms. The molecule has 4 nitrogen and oxygen atoms in total. The largest absolute Gasteiger partial charge is 0.478 e. The summed E-state index contributed by atoms with van der Waals surface area (Å²) in [4.78, 5) is 13.2. The van der Waals surface area contributed by atoms with Crippen LogP contribution in [0.15, 0.2) is 23.8 Å². The zero-order valence-corrected chi connectivity index (χ0v) is 11.3. The Morgan fingerprint density at radius 2 is 2.24 bits per heavy atom. The molecule has 0 aromatic rings. The first kappa shape index (κ1) is 12.8. The number of ether oxygens (including phenoxy) is 1. The van der Waals surface area contributed by atoms with Crippen LogP contribution in [-0.2, 0) is 9.53 Å². The summed E-state index contributed by atoms with van der Waals surface area (Å²) in [6.45, 7) is 5.33. The van der Waals surface area contributed by atoms with E-state index >= 15 is 0 Å². The molecule has 0 saturated carbocycles. The van der Waals surface area contributed by atoms with Crippen LogP contribution in [0.3, 0.4) is 0 Å². The Hall–Kier alpha value is -0.650. The van der Waals surface area contributed by atoms with Gasteiger partial charge >= 0.3 is 5.97 Å². The molecule has 17 heavy (non-hydrogen) atoms. The van der Waals surface area contributed by atoms with E-state index in [2.05, 4.69) is 27.8 Å². The molecule has 1 heterocycles. The highest BCUT2D eigenvalue weighted by molar-refractivity contribution is 9.09. The fourth-order valence-electron chi connectivity index (χ4n) is 2.20. The van der Waals surface area contributed by atoms with Crippen LogP contribution < -0.4 is 0 Å².